The zero-order valence-electron chi connectivity index (χ0n) is 11.4. The minimum absolute atomic E-state index is 0.406. The van der Waals surface area contributed by atoms with Crippen molar-refractivity contribution >= 4 is 0 Å². The molecular formula is C14H23NO2. The normalized spacial score (nSPS) is 14.8. The third-order valence-corrected chi connectivity index (χ3v) is 3.30. The lowest BCUT2D eigenvalue weighted by Gasteiger charge is -2.28. The first kappa shape index (κ1) is 14.0. The summed E-state index contributed by atoms with van der Waals surface area (Å²) in [6.45, 7) is 6.74. The molecule has 0 heterocycles. The van der Waals surface area contributed by atoms with Crippen molar-refractivity contribution in [3.63, 3.8) is 0 Å². The Kier molecular flexibility index (Phi) is 4.54. The molecule has 0 spiro atoms. The van der Waals surface area contributed by atoms with Gasteiger partial charge >= 0.3 is 0 Å². The Morgan fingerprint density at radius 3 is 2.35 bits per heavy atom. The molecular weight excluding hydrogens is 214 g/mol. The van der Waals surface area contributed by atoms with Gasteiger partial charge in [-0.3, -0.25) is 0 Å². The van der Waals surface area contributed by atoms with E-state index >= 15 is 0 Å². The summed E-state index contributed by atoms with van der Waals surface area (Å²) in [5.74, 6) is 1.32. The van der Waals surface area contributed by atoms with Crippen molar-refractivity contribution in [3.05, 3.63) is 29.3 Å². The van der Waals surface area contributed by atoms with Gasteiger partial charge in [0.15, 0.2) is 0 Å². The van der Waals surface area contributed by atoms with Gasteiger partial charge in [0.05, 0.1) is 7.11 Å². The summed E-state index contributed by atoms with van der Waals surface area (Å²) in [4.78, 5) is 0. The monoisotopic (exact) mass is 237 g/mol. The molecule has 0 bridgehead atoms. The smallest absolute Gasteiger partial charge is 0.122 e. The summed E-state index contributed by atoms with van der Waals surface area (Å²) in [6.07, 6.45) is 0. The predicted molar refractivity (Wildman–Crippen MR) is 70.5 cm³/mol. The second-order valence-electron chi connectivity index (χ2n) is 4.75. The van der Waals surface area contributed by atoms with E-state index in [1.54, 1.807) is 14.2 Å². The lowest BCUT2D eigenvalue weighted by atomic mass is 9.91. The lowest BCUT2D eigenvalue weighted by molar-refractivity contribution is 0.00997. The van der Waals surface area contributed by atoms with Crippen molar-refractivity contribution in [3.8, 4) is 5.75 Å². The predicted octanol–water partition coefficient (Wildman–Crippen LogP) is 2.64. The number of nitrogens with two attached hydrogens (primary N) is 1. The Labute approximate surface area is 104 Å². The van der Waals surface area contributed by atoms with Gasteiger partial charge in [-0.1, -0.05) is 19.9 Å². The molecule has 96 valence electrons. The van der Waals surface area contributed by atoms with Gasteiger partial charge in [-0.05, 0) is 36.1 Å². The Bertz CT molecular complexity index is 370. The van der Waals surface area contributed by atoms with Gasteiger partial charge in [0.2, 0.25) is 0 Å². The van der Waals surface area contributed by atoms with Gasteiger partial charge in [-0.25, -0.2) is 0 Å². The Morgan fingerprint density at radius 1 is 1.29 bits per heavy atom. The van der Waals surface area contributed by atoms with Gasteiger partial charge in [0.1, 0.15) is 11.4 Å². The van der Waals surface area contributed by atoms with Gasteiger partial charge < -0.3 is 15.2 Å². The molecule has 0 saturated carbocycles. The zero-order chi connectivity index (χ0) is 13.1. The van der Waals surface area contributed by atoms with Crippen LogP contribution in [0.3, 0.4) is 0 Å². The molecule has 0 amide bonds. The average Bonchev–Trinajstić information content (AvgIpc) is 2.36. The van der Waals surface area contributed by atoms with E-state index in [-0.39, 0.29) is 0 Å². The molecule has 1 rings (SSSR count). The minimum Gasteiger partial charge on any atom is -0.496 e. The lowest BCUT2D eigenvalue weighted by Crippen LogP contribution is -2.33. The maximum absolute atomic E-state index is 5.79. The minimum atomic E-state index is -0.435. The van der Waals surface area contributed by atoms with Crippen molar-refractivity contribution in [1.29, 1.82) is 0 Å². The van der Waals surface area contributed by atoms with Crippen LogP contribution < -0.4 is 10.5 Å². The molecule has 0 aromatic heterocycles. The summed E-state index contributed by atoms with van der Waals surface area (Å²) < 4.78 is 10.9. The fourth-order valence-corrected chi connectivity index (χ4v) is 1.83. The highest BCUT2D eigenvalue weighted by molar-refractivity contribution is 5.41. The molecule has 0 aliphatic heterocycles. The van der Waals surface area contributed by atoms with Crippen molar-refractivity contribution in [2.24, 2.45) is 5.73 Å². The third kappa shape index (κ3) is 2.79. The highest BCUT2D eigenvalue weighted by Crippen LogP contribution is 2.32. The molecule has 1 atom stereocenters. The summed E-state index contributed by atoms with van der Waals surface area (Å²) >= 11 is 0. The largest absolute Gasteiger partial charge is 0.496 e. The number of hydrogen-bond donors (Lipinski definition) is 1. The van der Waals surface area contributed by atoms with Crippen LogP contribution in [0.25, 0.3) is 0 Å². The number of benzene rings is 1. The van der Waals surface area contributed by atoms with Crippen LogP contribution in [0.1, 0.15) is 37.8 Å². The van der Waals surface area contributed by atoms with Crippen molar-refractivity contribution in [2.75, 3.05) is 20.8 Å². The quantitative estimate of drug-likeness (QED) is 0.856. The summed E-state index contributed by atoms with van der Waals surface area (Å²) in [5, 5.41) is 0. The number of hydrogen-bond acceptors (Lipinski definition) is 3. The van der Waals surface area contributed by atoms with Crippen LogP contribution >= 0.6 is 0 Å². The van der Waals surface area contributed by atoms with Gasteiger partial charge in [0, 0.05) is 13.7 Å². The van der Waals surface area contributed by atoms with Crippen molar-refractivity contribution in [2.45, 2.75) is 32.3 Å². The van der Waals surface area contributed by atoms with Crippen molar-refractivity contribution in [1.82, 2.24) is 0 Å². The highest BCUT2D eigenvalue weighted by atomic mass is 16.5. The number of methoxy groups -OCH3 is 2. The summed E-state index contributed by atoms with van der Waals surface area (Å²) in [7, 11) is 3.38. The van der Waals surface area contributed by atoms with Gasteiger partial charge in [-0.15, -0.1) is 0 Å². The molecule has 17 heavy (non-hydrogen) atoms. The average molecular weight is 237 g/mol. The van der Waals surface area contributed by atoms with Crippen LogP contribution in [0.15, 0.2) is 18.2 Å². The van der Waals surface area contributed by atoms with Crippen LogP contribution in [-0.4, -0.2) is 20.8 Å². The van der Waals surface area contributed by atoms with E-state index in [4.69, 9.17) is 15.2 Å². The van der Waals surface area contributed by atoms with E-state index in [0.29, 0.717) is 12.5 Å². The van der Waals surface area contributed by atoms with E-state index in [1.807, 2.05) is 19.1 Å². The first-order chi connectivity index (χ1) is 7.98. The van der Waals surface area contributed by atoms with Crippen LogP contribution in [-0.2, 0) is 10.3 Å². The van der Waals surface area contributed by atoms with Crippen LogP contribution in [0.4, 0.5) is 0 Å². The zero-order valence-corrected chi connectivity index (χ0v) is 11.4. The molecule has 0 saturated heterocycles. The molecule has 0 fully saturated rings. The summed E-state index contributed by atoms with van der Waals surface area (Å²) in [5.41, 5.74) is 7.63. The topological polar surface area (TPSA) is 44.5 Å². The molecule has 1 aromatic rings. The molecule has 0 radical (unpaired) electrons. The fourth-order valence-electron chi connectivity index (χ4n) is 1.83. The first-order valence-corrected chi connectivity index (χ1v) is 5.92. The SMILES string of the molecule is COc1ccc(C(C)(CN)OC)cc1C(C)C. The van der Waals surface area contributed by atoms with Crippen molar-refractivity contribution < 1.29 is 9.47 Å². The maximum atomic E-state index is 5.79. The Morgan fingerprint density at radius 2 is 1.94 bits per heavy atom. The van der Waals surface area contributed by atoms with Crippen LogP contribution in [0.2, 0.25) is 0 Å². The maximum Gasteiger partial charge on any atom is 0.122 e. The molecule has 0 aliphatic rings. The highest BCUT2D eigenvalue weighted by Gasteiger charge is 2.25. The fraction of sp³-hybridized carbons (Fsp3) is 0.571. The summed E-state index contributed by atoms with van der Waals surface area (Å²) in [6, 6.07) is 6.12. The first-order valence-electron chi connectivity index (χ1n) is 5.92. The number of rotatable bonds is 5. The molecule has 2 N–H and O–H groups in total. The third-order valence-electron chi connectivity index (χ3n) is 3.30. The van der Waals surface area contributed by atoms with E-state index in [2.05, 4.69) is 19.9 Å². The number of ether oxygens (including phenoxy) is 2. The Hall–Kier alpha value is -1.06. The van der Waals surface area contributed by atoms with Crippen LogP contribution in [0, 0.1) is 0 Å². The van der Waals surface area contributed by atoms with E-state index < -0.39 is 5.60 Å². The standard InChI is InChI=1S/C14H23NO2/c1-10(2)12-8-11(6-7-13(12)16-4)14(3,9-15)17-5/h6-8,10H,9,15H2,1-5H3. The van der Waals surface area contributed by atoms with Crippen LogP contribution in [0.5, 0.6) is 5.75 Å². The Balaban J connectivity index is 3.25. The molecule has 3 nitrogen and oxygen atoms in total. The van der Waals surface area contributed by atoms with Gasteiger partial charge in [-0.2, -0.15) is 0 Å². The molecule has 0 aliphatic carbocycles. The second-order valence-corrected chi connectivity index (χ2v) is 4.75. The van der Waals surface area contributed by atoms with Gasteiger partial charge in [0.25, 0.3) is 0 Å². The van der Waals surface area contributed by atoms with E-state index in [1.165, 1.54) is 5.56 Å². The van der Waals surface area contributed by atoms with E-state index in [0.717, 1.165) is 11.3 Å². The molecule has 1 unspecified atom stereocenters. The van der Waals surface area contributed by atoms with E-state index in [9.17, 15) is 0 Å². The molecule has 3 heteroatoms. The second kappa shape index (κ2) is 5.52. The molecule has 1 aromatic carbocycles.